The van der Waals surface area contributed by atoms with Gasteiger partial charge >= 0.3 is 0 Å². The molecule has 28 heavy (non-hydrogen) atoms. The van der Waals surface area contributed by atoms with Crippen LogP contribution in [0.5, 0.6) is 0 Å². The molecular weight excluding hydrogens is 384 g/mol. The topological polar surface area (TPSA) is 71.1 Å². The van der Waals surface area contributed by atoms with Crippen molar-refractivity contribution in [3.05, 3.63) is 23.8 Å². The SMILES string of the molecule is CC(=O)NC12C[C@H]3C[C@@H](C1)CC(C(=O)Nc1nc4c(F)cc(F)cc4s1)(C3)C2. The smallest absolute Gasteiger partial charge is 0.232 e. The van der Waals surface area contributed by atoms with Crippen LogP contribution in [-0.2, 0) is 9.59 Å². The van der Waals surface area contributed by atoms with Crippen molar-refractivity contribution < 1.29 is 18.4 Å². The van der Waals surface area contributed by atoms with Crippen molar-refractivity contribution in [1.82, 2.24) is 10.3 Å². The highest BCUT2D eigenvalue weighted by Gasteiger charge is 2.60. The summed E-state index contributed by atoms with van der Waals surface area (Å²) in [6.07, 6.45) is 5.23. The molecule has 2 unspecified atom stereocenters. The number of benzene rings is 1. The van der Waals surface area contributed by atoms with Crippen molar-refractivity contribution in [1.29, 1.82) is 0 Å². The molecule has 4 atom stereocenters. The molecule has 2 aromatic rings. The predicted octanol–water partition coefficient (Wildman–Crippen LogP) is 3.99. The average Bonchev–Trinajstić information content (AvgIpc) is 2.94. The van der Waals surface area contributed by atoms with Crippen molar-refractivity contribution in [3.63, 3.8) is 0 Å². The molecule has 0 aliphatic heterocycles. The van der Waals surface area contributed by atoms with Gasteiger partial charge in [-0.25, -0.2) is 13.8 Å². The Kier molecular flexibility index (Phi) is 3.82. The molecule has 2 N–H and O–H groups in total. The van der Waals surface area contributed by atoms with Gasteiger partial charge in [0, 0.05) is 18.5 Å². The summed E-state index contributed by atoms with van der Waals surface area (Å²) in [5.74, 6) is -0.699. The van der Waals surface area contributed by atoms with Crippen molar-refractivity contribution in [2.75, 3.05) is 5.32 Å². The second kappa shape index (κ2) is 5.95. The number of thiazole rings is 1. The molecule has 0 spiro atoms. The van der Waals surface area contributed by atoms with Gasteiger partial charge in [-0.3, -0.25) is 9.59 Å². The normalized spacial score (nSPS) is 33.2. The fourth-order valence-corrected chi connectivity index (χ4v) is 7.19. The van der Waals surface area contributed by atoms with Crippen LogP contribution in [0.2, 0.25) is 0 Å². The molecule has 0 saturated heterocycles. The molecule has 4 aliphatic carbocycles. The summed E-state index contributed by atoms with van der Waals surface area (Å²) in [6.45, 7) is 1.53. The highest BCUT2D eigenvalue weighted by molar-refractivity contribution is 7.22. The van der Waals surface area contributed by atoms with Gasteiger partial charge in [-0.1, -0.05) is 11.3 Å². The second-order valence-corrected chi connectivity index (χ2v) is 9.94. The van der Waals surface area contributed by atoms with Crippen molar-refractivity contribution >= 4 is 38.5 Å². The Morgan fingerprint density at radius 3 is 2.57 bits per heavy atom. The van der Waals surface area contributed by atoms with E-state index in [4.69, 9.17) is 0 Å². The summed E-state index contributed by atoms with van der Waals surface area (Å²) in [5.41, 5.74) is -0.758. The maximum Gasteiger partial charge on any atom is 0.232 e. The van der Waals surface area contributed by atoms with E-state index in [0.717, 1.165) is 49.5 Å². The number of hydrogen-bond donors (Lipinski definition) is 2. The number of anilines is 1. The van der Waals surface area contributed by atoms with Crippen LogP contribution in [0.4, 0.5) is 13.9 Å². The molecule has 148 valence electrons. The number of hydrogen-bond acceptors (Lipinski definition) is 4. The predicted molar refractivity (Wildman–Crippen MR) is 102 cm³/mol. The summed E-state index contributed by atoms with van der Waals surface area (Å²) in [7, 11) is 0. The third-order valence-electron chi connectivity index (χ3n) is 6.62. The fraction of sp³-hybridized carbons (Fsp3) is 0.550. The van der Waals surface area contributed by atoms with Crippen molar-refractivity contribution in [3.8, 4) is 0 Å². The number of nitrogens with one attached hydrogen (secondary N) is 2. The monoisotopic (exact) mass is 405 g/mol. The maximum atomic E-state index is 13.9. The van der Waals surface area contributed by atoms with Crippen LogP contribution in [0.15, 0.2) is 12.1 Å². The van der Waals surface area contributed by atoms with Crippen LogP contribution in [0, 0.1) is 28.9 Å². The molecule has 4 fully saturated rings. The van der Waals surface area contributed by atoms with Crippen LogP contribution >= 0.6 is 11.3 Å². The van der Waals surface area contributed by atoms with E-state index >= 15 is 0 Å². The molecule has 6 rings (SSSR count). The number of halogens is 2. The van der Waals surface area contributed by atoms with Gasteiger partial charge in [0.1, 0.15) is 11.3 Å². The third kappa shape index (κ3) is 2.80. The number of carbonyl (C=O) groups excluding carboxylic acids is 2. The zero-order valence-electron chi connectivity index (χ0n) is 15.5. The van der Waals surface area contributed by atoms with Crippen LogP contribution in [0.25, 0.3) is 10.2 Å². The lowest BCUT2D eigenvalue weighted by molar-refractivity contribution is -0.148. The van der Waals surface area contributed by atoms with E-state index in [2.05, 4.69) is 15.6 Å². The third-order valence-corrected chi connectivity index (χ3v) is 7.54. The molecule has 4 saturated carbocycles. The van der Waals surface area contributed by atoms with Gasteiger partial charge in [-0.05, 0) is 56.4 Å². The Morgan fingerprint density at radius 1 is 1.18 bits per heavy atom. The number of nitrogens with zero attached hydrogens (tertiary/aromatic N) is 1. The molecule has 4 aliphatic rings. The van der Waals surface area contributed by atoms with Crippen molar-refractivity contribution in [2.45, 2.75) is 51.0 Å². The quantitative estimate of drug-likeness (QED) is 0.811. The van der Waals surface area contributed by atoms with Gasteiger partial charge < -0.3 is 10.6 Å². The van der Waals surface area contributed by atoms with Gasteiger partial charge in [0.2, 0.25) is 11.8 Å². The molecule has 8 heteroatoms. The largest absolute Gasteiger partial charge is 0.351 e. The molecule has 1 heterocycles. The van der Waals surface area contributed by atoms with E-state index in [0.29, 0.717) is 23.0 Å². The number of fused-ring (bicyclic) bond motifs is 1. The lowest BCUT2D eigenvalue weighted by atomic mass is 9.46. The van der Waals surface area contributed by atoms with E-state index < -0.39 is 17.0 Å². The van der Waals surface area contributed by atoms with E-state index in [1.165, 1.54) is 13.0 Å². The first-order valence-corrected chi connectivity index (χ1v) is 10.4. The zero-order valence-corrected chi connectivity index (χ0v) is 16.3. The molecular formula is C20H21F2N3O2S. The van der Waals surface area contributed by atoms with Gasteiger partial charge in [0.25, 0.3) is 0 Å². The Bertz CT molecular complexity index is 991. The summed E-state index contributed by atoms with van der Waals surface area (Å²) < 4.78 is 27.7. The summed E-state index contributed by atoms with van der Waals surface area (Å²) in [4.78, 5) is 29.2. The lowest BCUT2D eigenvalue weighted by Gasteiger charge is -2.61. The van der Waals surface area contributed by atoms with Gasteiger partial charge in [0.15, 0.2) is 10.9 Å². The first-order chi connectivity index (χ1) is 13.3. The summed E-state index contributed by atoms with van der Waals surface area (Å²) in [6, 6.07) is 2.02. The van der Waals surface area contributed by atoms with Crippen LogP contribution in [-0.4, -0.2) is 22.3 Å². The van der Waals surface area contributed by atoms with E-state index in [1.54, 1.807) is 0 Å². The number of aromatic nitrogens is 1. The van der Waals surface area contributed by atoms with Gasteiger partial charge in [-0.2, -0.15) is 0 Å². The first-order valence-electron chi connectivity index (χ1n) is 9.62. The maximum absolute atomic E-state index is 13.9. The Morgan fingerprint density at radius 2 is 1.89 bits per heavy atom. The van der Waals surface area contributed by atoms with Crippen LogP contribution in [0.3, 0.4) is 0 Å². The van der Waals surface area contributed by atoms with Crippen LogP contribution in [0.1, 0.15) is 45.4 Å². The standard InChI is InChI=1S/C20H21F2N3O2S/c1-10(26)25-20-7-11-2-12(8-20)6-19(5-11,9-20)17(27)24-18-23-16-14(22)3-13(21)4-15(16)28-18/h3-4,11-12H,2,5-9H2,1H3,(H,25,26)(H,23,24,27)/t11-,12+,19?,20?. The Hall–Kier alpha value is -2.09. The Balaban J connectivity index is 1.43. The van der Waals surface area contributed by atoms with Crippen LogP contribution < -0.4 is 10.6 Å². The van der Waals surface area contributed by atoms with E-state index in [1.807, 2.05) is 0 Å². The number of amides is 2. The molecule has 2 amide bonds. The number of carbonyl (C=O) groups is 2. The van der Waals surface area contributed by atoms with E-state index in [-0.39, 0.29) is 28.0 Å². The first kappa shape index (κ1) is 18.0. The second-order valence-electron chi connectivity index (χ2n) is 8.91. The highest BCUT2D eigenvalue weighted by atomic mass is 32.1. The minimum absolute atomic E-state index is 0.0545. The molecule has 4 bridgehead atoms. The highest BCUT2D eigenvalue weighted by Crippen LogP contribution is 2.62. The molecule has 1 aromatic carbocycles. The summed E-state index contributed by atoms with van der Waals surface area (Å²) in [5, 5.41) is 6.30. The summed E-state index contributed by atoms with van der Waals surface area (Å²) >= 11 is 1.07. The molecule has 1 aromatic heterocycles. The molecule has 0 radical (unpaired) electrons. The van der Waals surface area contributed by atoms with Gasteiger partial charge in [0.05, 0.1) is 10.1 Å². The zero-order chi connectivity index (χ0) is 19.7. The number of rotatable bonds is 3. The average molecular weight is 405 g/mol. The minimum atomic E-state index is -0.730. The Labute approximate surface area is 164 Å². The fourth-order valence-electron chi connectivity index (χ4n) is 6.29. The van der Waals surface area contributed by atoms with Gasteiger partial charge in [-0.15, -0.1) is 0 Å². The minimum Gasteiger partial charge on any atom is -0.351 e. The molecule has 5 nitrogen and oxygen atoms in total. The van der Waals surface area contributed by atoms with E-state index in [9.17, 15) is 18.4 Å². The van der Waals surface area contributed by atoms with Crippen molar-refractivity contribution in [2.24, 2.45) is 17.3 Å². The lowest BCUT2D eigenvalue weighted by Crippen LogP contribution is -2.65.